The fraction of sp³-hybridized carbons (Fsp3) is 0.556. The molecule has 0 aliphatic heterocycles. The van der Waals surface area contributed by atoms with Crippen LogP contribution in [0.2, 0.25) is 0 Å². The van der Waals surface area contributed by atoms with Crippen molar-refractivity contribution in [2.24, 2.45) is 0 Å². The third-order valence-electron chi connectivity index (χ3n) is 2.18. The number of carbonyl (C=O) groups excluding carboxylic acids is 1. The van der Waals surface area contributed by atoms with Gasteiger partial charge in [-0.05, 0) is 6.92 Å². The fourth-order valence-electron chi connectivity index (χ4n) is 1.18. The van der Waals surface area contributed by atoms with Gasteiger partial charge in [-0.1, -0.05) is 0 Å². The van der Waals surface area contributed by atoms with E-state index in [1.165, 1.54) is 18.0 Å². The van der Waals surface area contributed by atoms with E-state index in [9.17, 15) is 14.9 Å². The van der Waals surface area contributed by atoms with Crippen LogP contribution in [-0.2, 0) is 9.53 Å². The minimum Gasteiger partial charge on any atom is -0.383 e. The molecular weight excluding hydrogens is 228 g/mol. The first-order valence-electron chi connectivity index (χ1n) is 5.01. The molecule has 1 atom stereocenters. The molecule has 0 fully saturated rings. The molecule has 0 aromatic carbocycles. The minimum absolute atomic E-state index is 0.137. The smallest absolute Gasteiger partial charge is 0.307 e. The molecular formula is C9H14N4O4. The van der Waals surface area contributed by atoms with Crippen molar-refractivity contribution in [3.63, 3.8) is 0 Å². The molecule has 94 valence electrons. The number of aromatic nitrogens is 2. The molecule has 0 aliphatic carbocycles. The number of nitrogens with one attached hydrogen (secondary N) is 1. The third-order valence-corrected chi connectivity index (χ3v) is 2.18. The van der Waals surface area contributed by atoms with Crippen LogP contribution in [0.15, 0.2) is 12.4 Å². The first-order chi connectivity index (χ1) is 8.06. The van der Waals surface area contributed by atoms with Crippen molar-refractivity contribution in [1.82, 2.24) is 15.1 Å². The van der Waals surface area contributed by atoms with Crippen LogP contribution in [0.5, 0.6) is 0 Å². The Morgan fingerprint density at radius 1 is 1.76 bits per heavy atom. The second-order valence-electron chi connectivity index (χ2n) is 3.40. The van der Waals surface area contributed by atoms with Crippen molar-refractivity contribution in [3.05, 3.63) is 22.5 Å². The standard InChI is InChI=1S/C9H14N4O4/c1-7(9(14)10-3-4-17-2)12-6-8(5-11-12)13(15)16/h5-7H,3-4H2,1-2H3,(H,10,14). The van der Waals surface area contributed by atoms with Crippen molar-refractivity contribution in [2.45, 2.75) is 13.0 Å². The number of hydrogen-bond donors (Lipinski definition) is 1. The van der Waals surface area contributed by atoms with E-state index >= 15 is 0 Å². The summed E-state index contributed by atoms with van der Waals surface area (Å²) in [6, 6.07) is -0.597. The van der Waals surface area contributed by atoms with Crippen molar-refractivity contribution in [3.8, 4) is 0 Å². The van der Waals surface area contributed by atoms with E-state index in [4.69, 9.17) is 4.74 Å². The summed E-state index contributed by atoms with van der Waals surface area (Å²) >= 11 is 0. The van der Waals surface area contributed by atoms with Gasteiger partial charge in [-0.15, -0.1) is 0 Å². The van der Waals surface area contributed by atoms with Crippen molar-refractivity contribution in [2.75, 3.05) is 20.3 Å². The monoisotopic (exact) mass is 242 g/mol. The number of nitrogens with zero attached hydrogens (tertiary/aromatic N) is 3. The molecule has 17 heavy (non-hydrogen) atoms. The van der Waals surface area contributed by atoms with Gasteiger partial charge in [-0.3, -0.25) is 19.6 Å². The Morgan fingerprint density at radius 3 is 3.00 bits per heavy atom. The fourth-order valence-corrected chi connectivity index (χ4v) is 1.18. The molecule has 0 aliphatic rings. The maximum Gasteiger partial charge on any atom is 0.307 e. The molecule has 0 saturated carbocycles. The van der Waals surface area contributed by atoms with Crippen LogP contribution in [0, 0.1) is 10.1 Å². The van der Waals surface area contributed by atoms with Gasteiger partial charge in [0.2, 0.25) is 5.91 Å². The topological polar surface area (TPSA) is 99.3 Å². The third kappa shape index (κ3) is 3.52. The predicted octanol–water partition coefficient (Wildman–Crippen LogP) is 0.115. The second-order valence-corrected chi connectivity index (χ2v) is 3.40. The molecule has 8 nitrogen and oxygen atoms in total. The average molecular weight is 242 g/mol. The number of amides is 1. The van der Waals surface area contributed by atoms with Gasteiger partial charge in [-0.2, -0.15) is 5.10 Å². The lowest BCUT2D eigenvalue weighted by atomic mass is 10.3. The first-order valence-corrected chi connectivity index (χ1v) is 5.01. The van der Waals surface area contributed by atoms with Crippen LogP contribution in [0.4, 0.5) is 5.69 Å². The molecule has 0 radical (unpaired) electrons. The molecule has 1 aromatic heterocycles. The Hall–Kier alpha value is -1.96. The number of ether oxygens (including phenoxy) is 1. The number of nitro groups is 1. The lowest BCUT2D eigenvalue weighted by molar-refractivity contribution is -0.385. The molecule has 1 rings (SSSR count). The Bertz CT molecular complexity index is 403. The van der Waals surface area contributed by atoms with Crippen molar-refractivity contribution in [1.29, 1.82) is 0 Å². The number of hydrogen-bond acceptors (Lipinski definition) is 5. The highest BCUT2D eigenvalue weighted by atomic mass is 16.6. The van der Waals surface area contributed by atoms with E-state index in [1.54, 1.807) is 6.92 Å². The van der Waals surface area contributed by atoms with Gasteiger partial charge in [0.05, 0.1) is 11.5 Å². The van der Waals surface area contributed by atoms with Gasteiger partial charge in [0.15, 0.2) is 0 Å². The van der Waals surface area contributed by atoms with Crippen molar-refractivity contribution < 1.29 is 14.5 Å². The van der Waals surface area contributed by atoms with Crippen LogP contribution in [-0.4, -0.2) is 40.9 Å². The van der Waals surface area contributed by atoms with Crippen LogP contribution in [0.1, 0.15) is 13.0 Å². The van der Waals surface area contributed by atoms with Gasteiger partial charge in [0.1, 0.15) is 18.4 Å². The van der Waals surface area contributed by atoms with Gasteiger partial charge < -0.3 is 10.1 Å². The molecule has 1 heterocycles. The number of methoxy groups -OCH3 is 1. The Kier molecular flexibility index (Phi) is 4.58. The highest BCUT2D eigenvalue weighted by Gasteiger charge is 2.18. The molecule has 1 N–H and O–H groups in total. The van der Waals surface area contributed by atoms with Gasteiger partial charge in [0.25, 0.3) is 0 Å². The number of rotatable bonds is 6. The Balaban J connectivity index is 2.58. The molecule has 0 bridgehead atoms. The summed E-state index contributed by atoms with van der Waals surface area (Å²) in [4.78, 5) is 21.5. The molecule has 1 aromatic rings. The Labute approximate surface area is 97.7 Å². The normalized spacial score (nSPS) is 12.1. The highest BCUT2D eigenvalue weighted by Crippen LogP contribution is 2.12. The zero-order valence-corrected chi connectivity index (χ0v) is 9.62. The maximum absolute atomic E-state index is 11.6. The summed E-state index contributed by atoms with van der Waals surface area (Å²) in [5.41, 5.74) is -0.137. The SMILES string of the molecule is COCCNC(=O)C(C)n1cc([N+](=O)[O-])cn1. The lowest BCUT2D eigenvalue weighted by Gasteiger charge is -2.11. The predicted molar refractivity (Wildman–Crippen MR) is 58.5 cm³/mol. The summed E-state index contributed by atoms with van der Waals surface area (Å²) in [6.07, 6.45) is 2.33. The summed E-state index contributed by atoms with van der Waals surface area (Å²) in [5, 5.41) is 16.8. The van der Waals surface area contributed by atoms with Crippen LogP contribution >= 0.6 is 0 Å². The van der Waals surface area contributed by atoms with E-state index in [-0.39, 0.29) is 11.6 Å². The van der Waals surface area contributed by atoms with E-state index in [0.29, 0.717) is 13.2 Å². The maximum atomic E-state index is 11.6. The van der Waals surface area contributed by atoms with E-state index < -0.39 is 11.0 Å². The molecule has 0 spiro atoms. The largest absolute Gasteiger partial charge is 0.383 e. The van der Waals surface area contributed by atoms with Gasteiger partial charge >= 0.3 is 5.69 Å². The van der Waals surface area contributed by atoms with Crippen LogP contribution < -0.4 is 5.32 Å². The highest BCUT2D eigenvalue weighted by molar-refractivity contribution is 5.79. The Morgan fingerprint density at radius 2 is 2.47 bits per heavy atom. The average Bonchev–Trinajstić information content (AvgIpc) is 2.77. The van der Waals surface area contributed by atoms with E-state index in [0.717, 1.165) is 6.20 Å². The molecule has 1 unspecified atom stereocenters. The zero-order valence-electron chi connectivity index (χ0n) is 9.62. The molecule has 8 heteroatoms. The van der Waals surface area contributed by atoms with E-state index in [1.807, 2.05) is 0 Å². The number of carbonyl (C=O) groups is 1. The first kappa shape index (κ1) is 13.1. The quantitative estimate of drug-likeness (QED) is 0.433. The summed E-state index contributed by atoms with van der Waals surface area (Å²) < 4.78 is 6.04. The van der Waals surface area contributed by atoms with Gasteiger partial charge in [-0.25, -0.2) is 0 Å². The summed E-state index contributed by atoms with van der Waals surface area (Å²) in [7, 11) is 1.53. The molecule has 1 amide bonds. The minimum atomic E-state index is -0.597. The molecule has 0 saturated heterocycles. The summed E-state index contributed by atoms with van der Waals surface area (Å²) in [5.74, 6) is -0.264. The lowest BCUT2D eigenvalue weighted by Crippen LogP contribution is -2.33. The van der Waals surface area contributed by atoms with Crippen molar-refractivity contribution >= 4 is 11.6 Å². The second kappa shape index (κ2) is 5.94. The van der Waals surface area contributed by atoms with Crippen LogP contribution in [0.25, 0.3) is 0 Å². The van der Waals surface area contributed by atoms with E-state index in [2.05, 4.69) is 10.4 Å². The van der Waals surface area contributed by atoms with Crippen LogP contribution in [0.3, 0.4) is 0 Å². The van der Waals surface area contributed by atoms with Gasteiger partial charge in [0, 0.05) is 13.7 Å². The zero-order chi connectivity index (χ0) is 12.8. The summed E-state index contributed by atoms with van der Waals surface area (Å²) in [6.45, 7) is 2.42.